The summed E-state index contributed by atoms with van der Waals surface area (Å²) in [7, 11) is 1.53. The highest BCUT2D eigenvalue weighted by atomic mass is 32.1. The number of carbonyl (C=O) groups is 2. The molecule has 0 aliphatic heterocycles. The number of carbonyl (C=O) groups excluding carboxylic acids is 2. The van der Waals surface area contributed by atoms with Crippen LogP contribution in [0.3, 0.4) is 0 Å². The van der Waals surface area contributed by atoms with E-state index in [-0.39, 0.29) is 11.7 Å². The average molecular weight is 494 g/mol. The summed E-state index contributed by atoms with van der Waals surface area (Å²) in [5, 5.41) is 4.49. The van der Waals surface area contributed by atoms with E-state index in [1.54, 1.807) is 34.2 Å². The summed E-state index contributed by atoms with van der Waals surface area (Å²) < 4.78 is 48.2. The number of hydrogen-bond acceptors (Lipinski definition) is 5. The van der Waals surface area contributed by atoms with Crippen molar-refractivity contribution in [2.24, 2.45) is 4.99 Å². The molecule has 7 nitrogen and oxygen atoms in total. The third-order valence-corrected chi connectivity index (χ3v) is 5.51. The van der Waals surface area contributed by atoms with Crippen LogP contribution in [0.2, 0.25) is 0 Å². The normalized spacial score (nSPS) is 11.9. The van der Waals surface area contributed by atoms with Crippen molar-refractivity contribution in [1.29, 1.82) is 0 Å². The van der Waals surface area contributed by atoms with Crippen molar-refractivity contribution in [2.45, 2.75) is 26.3 Å². The number of halogens is 3. The fourth-order valence-corrected chi connectivity index (χ4v) is 4.01. The molecular weight excluding hydrogens is 471 g/mol. The molecule has 0 spiro atoms. The Balaban J connectivity index is 1.92. The number of methoxy groups -OCH3 is 1. The van der Waals surface area contributed by atoms with Crippen LogP contribution in [-0.2, 0) is 11.3 Å². The zero-order chi connectivity index (χ0) is 24.7. The molecule has 3 aromatic rings. The van der Waals surface area contributed by atoms with E-state index in [1.165, 1.54) is 49.6 Å². The van der Waals surface area contributed by atoms with E-state index < -0.39 is 12.3 Å². The summed E-state index contributed by atoms with van der Waals surface area (Å²) in [5.74, 6) is -0.319. The number of thiazole rings is 1. The van der Waals surface area contributed by atoms with Gasteiger partial charge >= 0.3 is 6.36 Å². The minimum atomic E-state index is -4.78. The Hall–Kier alpha value is -3.60. The van der Waals surface area contributed by atoms with Gasteiger partial charge in [0.05, 0.1) is 12.8 Å². The molecule has 1 heterocycles. The smallest absolute Gasteiger partial charge is 0.497 e. The standard InChI is InChI=1S/C23H22F3N3O4S/c1-15(30)27-12-3-13-29-20(16-4-10-19(11-5-16)33-23(24,25)26)14-34-22(29)28-21(31)17-6-8-18(32-2)9-7-17/h4-11,14H,3,12-13H2,1-2H3,(H,27,30)/b28-22-. The molecule has 11 heteroatoms. The number of alkyl halides is 3. The van der Waals surface area contributed by atoms with Gasteiger partial charge in [-0.2, -0.15) is 4.99 Å². The lowest BCUT2D eigenvalue weighted by atomic mass is 10.1. The number of hydrogen-bond donors (Lipinski definition) is 1. The van der Waals surface area contributed by atoms with E-state index in [9.17, 15) is 22.8 Å². The molecule has 2 amide bonds. The summed E-state index contributed by atoms with van der Waals surface area (Å²) in [5.41, 5.74) is 1.69. The maximum absolute atomic E-state index is 12.7. The molecule has 180 valence electrons. The minimum absolute atomic E-state index is 0.157. The van der Waals surface area contributed by atoms with Gasteiger partial charge in [-0.3, -0.25) is 9.59 Å². The first-order chi connectivity index (χ1) is 16.2. The van der Waals surface area contributed by atoms with Gasteiger partial charge in [-0.05, 0) is 60.5 Å². The number of aromatic nitrogens is 1. The summed E-state index contributed by atoms with van der Waals surface area (Å²) in [6, 6.07) is 12.0. The third kappa shape index (κ3) is 6.95. The molecule has 3 rings (SSSR count). The molecule has 0 aliphatic rings. The van der Waals surface area contributed by atoms with E-state index in [2.05, 4.69) is 15.0 Å². The van der Waals surface area contributed by atoms with Crippen LogP contribution in [0.5, 0.6) is 11.5 Å². The molecule has 1 aromatic heterocycles. The van der Waals surface area contributed by atoms with Gasteiger partial charge in [0.2, 0.25) is 5.91 Å². The van der Waals surface area contributed by atoms with Crippen molar-refractivity contribution >= 4 is 23.2 Å². The number of nitrogens with zero attached hydrogens (tertiary/aromatic N) is 2. The van der Waals surface area contributed by atoms with Gasteiger partial charge in [0.15, 0.2) is 4.80 Å². The first-order valence-corrected chi connectivity index (χ1v) is 11.1. The second-order valence-corrected chi connectivity index (χ2v) is 7.95. The maximum Gasteiger partial charge on any atom is 0.573 e. The van der Waals surface area contributed by atoms with E-state index >= 15 is 0 Å². The fraction of sp³-hybridized carbons (Fsp3) is 0.261. The molecular formula is C23H22F3N3O4S. The molecule has 0 fully saturated rings. The predicted molar refractivity (Wildman–Crippen MR) is 121 cm³/mol. The lowest BCUT2D eigenvalue weighted by Crippen LogP contribution is -2.24. The third-order valence-electron chi connectivity index (χ3n) is 4.65. The van der Waals surface area contributed by atoms with Gasteiger partial charge < -0.3 is 19.4 Å². The van der Waals surface area contributed by atoms with Crippen LogP contribution in [0.25, 0.3) is 11.3 Å². The summed E-state index contributed by atoms with van der Waals surface area (Å²) in [6.07, 6.45) is -4.22. The lowest BCUT2D eigenvalue weighted by Gasteiger charge is -2.11. The van der Waals surface area contributed by atoms with Gasteiger partial charge in [-0.15, -0.1) is 24.5 Å². The van der Waals surface area contributed by atoms with Crippen LogP contribution in [0.1, 0.15) is 23.7 Å². The molecule has 0 aliphatic carbocycles. The number of ether oxygens (including phenoxy) is 2. The first kappa shape index (κ1) is 25.0. The largest absolute Gasteiger partial charge is 0.573 e. The molecule has 2 aromatic carbocycles. The maximum atomic E-state index is 12.7. The zero-order valence-electron chi connectivity index (χ0n) is 18.4. The van der Waals surface area contributed by atoms with E-state index in [0.29, 0.717) is 46.9 Å². The highest BCUT2D eigenvalue weighted by Crippen LogP contribution is 2.27. The Morgan fingerprint density at radius 2 is 1.71 bits per heavy atom. The van der Waals surface area contributed by atoms with Crippen LogP contribution in [0.15, 0.2) is 58.9 Å². The van der Waals surface area contributed by atoms with Gasteiger partial charge in [0.1, 0.15) is 11.5 Å². The fourth-order valence-electron chi connectivity index (χ4n) is 3.08. The molecule has 0 atom stereocenters. The first-order valence-electron chi connectivity index (χ1n) is 10.2. The minimum Gasteiger partial charge on any atom is -0.497 e. The summed E-state index contributed by atoms with van der Waals surface area (Å²) in [4.78, 5) is 28.6. The van der Waals surface area contributed by atoms with Crippen LogP contribution in [-0.4, -0.2) is 36.4 Å². The molecule has 0 radical (unpaired) electrons. The highest BCUT2D eigenvalue weighted by Gasteiger charge is 2.31. The Labute approximate surface area is 197 Å². The topological polar surface area (TPSA) is 81.9 Å². The van der Waals surface area contributed by atoms with Gasteiger partial charge in [0.25, 0.3) is 5.91 Å². The predicted octanol–water partition coefficient (Wildman–Crippen LogP) is 4.39. The molecule has 34 heavy (non-hydrogen) atoms. The molecule has 0 saturated carbocycles. The Morgan fingerprint density at radius 3 is 2.29 bits per heavy atom. The monoisotopic (exact) mass is 493 g/mol. The van der Waals surface area contributed by atoms with Crippen LogP contribution in [0.4, 0.5) is 13.2 Å². The summed E-state index contributed by atoms with van der Waals surface area (Å²) in [6.45, 7) is 2.26. The molecule has 1 N–H and O–H groups in total. The second-order valence-electron chi connectivity index (χ2n) is 7.11. The quantitative estimate of drug-likeness (QED) is 0.472. The number of amides is 2. The van der Waals surface area contributed by atoms with Gasteiger partial charge in [-0.1, -0.05) is 0 Å². The Bertz CT molecular complexity index is 1200. The second kappa shape index (κ2) is 11.0. The Kier molecular flexibility index (Phi) is 8.11. The van der Waals surface area contributed by atoms with Crippen molar-refractivity contribution < 1.29 is 32.2 Å². The van der Waals surface area contributed by atoms with E-state index in [0.717, 1.165) is 0 Å². The summed E-state index contributed by atoms with van der Waals surface area (Å²) >= 11 is 1.23. The highest BCUT2D eigenvalue weighted by molar-refractivity contribution is 7.07. The van der Waals surface area contributed by atoms with E-state index in [4.69, 9.17) is 4.74 Å². The van der Waals surface area contributed by atoms with Crippen molar-refractivity contribution in [3.05, 3.63) is 64.3 Å². The van der Waals surface area contributed by atoms with E-state index in [1.807, 2.05) is 0 Å². The molecule has 0 saturated heterocycles. The SMILES string of the molecule is COc1ccc(C(=O)/N=c2\scc(-c3ccc(OC(F)(F)F)cc3)n2CCCNC(C)=O)cc1. The van der Waals surface area contributed by atoms with Crippen molar-refractivity contribution in [3.63, 3.8) is 0 Å². The molecule has 0 bridgehead atoms. The van der Waals surface area contributed by atoms with Crippen LogP contribution < -0.4 is 19.6 Å². The molecule has 0 unspecified atom stereocenters. The Morgan fingerprint density at radius 1 is 1.06 bits per heavy atom. The number of rotatable bonds is 8. The van der Waals surface area contributed by atoms with Crippen LogP contribution in [0, 0.1) is 0 Å². The van der Waals surface area contributed by atoms with Crippen molar-refractivity contribution in [3.8, 4) is 22.8 Å². The number of nitrogens with one attached hydrogen (secondary N) is 1. The van der Waals surface area contributed by atoms with Gasteiger partial charge in [0, 0.05) is 31.0 Å². The zero-order valence-corrected chi connectivity index (χ0v) is 19.2. The van der Waals surface area contributed by atoms with Crippen molar-refractivity contribution in [1.82, 2.24) is 9.88 Å². The van der Waals surface area contributed by atoms with Crippen molar-refractivity contribution in [2.75, 3.05) is 13.7 Å². The number of benzene rings is 2. The lowest BCUT2D eigenvalue weighted by molar-refractivity contribution is -0.274. The van der Waals surface area contributed by atoms with Crippen LogP contribution >= 0.6 is 11.3 Å². The average Bonchev–Trinajstić information content (AvgIpc) is 3.18. The van der Waals surface area contributed by atoms with Gasteiger partial charge in [-0.25, -0.2) is 0 Å².